The zero-order valence-electron chi connectivity index (χ0n) is 11.9. The molecule has 1 atom stereocenters. The Balaban J connectivity index is 0.00000361. The first-order valence-corrected chi connectivity index (χ1v) is 6.18. The Labute approximate surface area is 125 Å². The van der Waals surface area contributed by atoms with E-state index in [1.807, 2.05) is 6.92 Å². The third-order valence-electron chi connectivity index (χ3n) is 2.74. The molecule has 0 saturated heterocycles. The molecule has 3 N–H and O–H groups in total. The van der Waals surface area contributed by atoms with Crippen molar-refractivity contribution < 1.29 is 14.3 Å². The smallest absolute Gasteiger partial charge is 0.338 e. The summed E-state index contributed by atoms with van der Waals surface area (Å²) in [6.07, 6.45) is 1.03. The number of hydrogen-bond donors (Lipinski definition) is 2. The van der Waals surface area contributed by atoms with E-state index in [1.165, 1.54) is 7.11 Å². The summed E-state index contributed by atoms with van der Waals surface area (Å²) in [4.78, 5) is 23.1. The number of aryl methyl sites for hydroxylation is 1. The van der Waals surface area contributed by atoms with Crippen LogP contribution in [0.2, 0.25) is 0 Å². The molecule has 20 heavy (non-hydrogen) atoms. The molecule has 0 aliphatic heterocycles. The van der Waals surface area contributed by atoms with Crippen molar-refractivity contribution >= 4 is 30.0 Å². The van der Waals surface area contributed by atoms with Crippen molar-refractivity contribution in [3.05, 3.63) is 29.3 Å². The fourth-order valence-electron chi connectivity index (χ4n) is 1.66. The summed E-state index contributed by atoms with van der Waals surface area (Å²) in [7, 11) is 1.34. The molecule has 0 aliphatic rings. The van der Waals surface area contributed by atoms with Gasteiger partial charge in [-0.1, -0.05) is 0 Å². The first-order chi connectivity index (χ1) is 8.93. The third-order valence-corrected chi connectivity index (χ3v) is 2.74. The molecular weight excluding hydrogens is 280 g/mol. The van der Waals surface area contributed by atoms with Crippen molar-refractivity contribution in [3.63, 3.8) is 0 Å². The van der Waals surface area contributed by atoms with Gasteiger partial charge in [0, 0.05) is 18.2 Å². The van der Waals surface area contributed by atoms with E-state index in [0.29, 0.717) is 24.1 Å². The minimum absolute atomic E-state index is 0. The van der Waals surface area contributed by atoms with Gasteiger partial charge in [-0.15, -0.1) is 12.4 Å². The quantitative estimate of drug-likeness (QED) is 0.817. The lowest BCUT2D eigenvalue weighted by Gasteiger charge is -2.09. The number of benzene rings is 1. The molecule has 0 spiro atoms. The highest BCUT2D eigenvalue weighted by Crippen LogP contribution is 2.16. The highest BCUT2D eigenvalue weighted by molar-refractivity contribution is 5.94. The highest BCUT2D eigenvalue weighted by Gasteiger charge is 2.10. The van der Waals surface area contributed by atoms with Gasteiger partial charge in [0.05, 0.1) is 12.7 Å². The summed E-state index contributed by atoms with van der Waals surface area (Å²) in [5.41, 5.74) is 7.52. The van der Waals surface area contributed by atoms with Gasteiger partial charge in [0.25, 0.3) is 0 Å². The van der Waals surface area contributed by atoms with Crippen LogP contribution in [0.25, 0.3) is 0 Å². The summed E-state index contributed by atoms with van der Waals surface area (Å²) in [6, 6.07) is 5.08. The van der Waals surface area contributed by atoms with E-state index in [2.05, 4.69) is 10.1 Å². The fraction of sp³-hybridized carbons (Fsp3) is 0.429. The Morgan fingerprint density at radius 2 is 2.05 bits per heavy atom. The third kappa shape index (κ3) is 5.59. The van der Waals surface area contributed by atoms with E-state index in [0.717, 1.165) is 5.56 Å². The lowest BCUT2D eigenvalue weighted by Crippen LogP contribution is -2.19. The zero-order valence-corrected chi connectivity index (χ0v) is 12.8. The molecule has 6 heteroatoms. The number of ether oxygens (including phenoxy) is 1. The minimum Gasteiger partial charge on any atom is -0.465 e. The molecule has 1 aromatic rings. The number of amides is 1. The van der Waals surface area contributed by atoms with Crippen LogP contribution in [0.1, 0.15) is 35.7 Å². The van der Waals surface area contributed by atoms with Gasteiger partial charge in [0.15, 0.2) is 0 Å². The molecular formula is C14H21ClN2O3. The van der Waals surface area contributed by atoms with Crippen molar-refractivity contribution in [2.75, 3.05) is 12.4 Å². The van der Waals surface area contributed by atoms with Gasteiger partial charge in [0.1, 0.15) is 0 Å². The van der Waals surface area contributed by atoms with Gasteiger partial charge in [-0.2, -0.15) is 0 Å². The van der Waals surface area contributed by atoms with Crippen molar-refractivity contribution in [3.8, 4) is 0 Å². The standard InChI is InChI=1S/C14H20N2O3.ClH/c1-9-8-11(5-6-12(9)14(18)19-3)16-13(17)7-4-10(2)15;/h5-6,8,10H,4,7,15H2,1-3H3,(H,16,17);1H. The minimum atomic E-state index is -0.382. The molecule has 112 valence electrons. The molecule has 1 aromatic carbocycles. The maximum absolute atomic E-state index is 11.6. The summed E-state index contributed by atoms with van der Waals surface area (Å²) in [5, 5.41) is 2.78. The number of rotatable bonds is 5. The molecule has 0 radical (unpaired) electrons. The van der Waals surface area contributed by atoms with Crippen molar-refractivity contribution in [2.24, 2.45) is 5.73 Å². The molecule has 1 amide bonds. The number of methoxy groups -OCH3 is 1. The van der Waals surface area contributed by atoms with Crippen molar-refractivity contribution in [1.29, 1.82) is 0 Å². The number of carbonyl (C=O) groups excluding carboxylic acids is 2. The maximum Gasteiger partial charge on any atom is 0.338 e. The Morgan fingerprint density at radius 3 is 2.55 bits per heavy atom. The molecule has 0 bridgehead atoms. The topological polar surface area (TPSA) is 81.4 Å². The summed E-state index contributed by atoms with van der Waals surface area (Å²) < 4.78 is 4.66. The van der Waals surface area contributed by atoms with E-state index in [-0.39, 0.29) is 30.3 Å². The van der Waals surface area contributed by atoms with Crippen LogP contribution in [-0.4, -0.2) is 25.0 Å². The van der Waals surface area contributed by atoms with E-state index >= 15 is 0 Å². The first kappa shape index (κ1) is 18.4. The number of esters is 1. The average Bonchev–Trinajstić information content (AvgIpc) is 2.35. The number of hydrogen-bond acceptors (Lipinski definition) is 4. The van der Waals surface area contributed by atoms with Gasteiger partial charge >= 0.3 is 5.97 Å². The lowest BCUT2D eigenvalue weighted by atomic mass is 10.1. The van der Waals surface area contributed by atoms with Crippen molar-refractivity contribution in [2.45, 2.75) is 32.7 Å². The van der Waals surface area contributed by atoms with E-state index in [1.54, 1.807) is 25.1 Å². The Hall–Kier alpha value is -1.59. The van der Waals surface area contributed by atoms with Crippen LogP contribution >= 0.6 is 12.4 Å². The van der Waals surface area contributed by atoms with Crippen LogP contribution in [-0.2, 0) is 9.53 Å². The van der Waals surface area contributed by atoms with Crippen LogP contribution in [0.4, 0.5) is 5.69 Å². The van der Waals surface area contributed by atoms with Gasteiger partial charge in [-0.3, -0.25) is 4.79 Å². The highest BCUT2D eigenvalue weighted by atomic mass is 35.5. The normalized spacial score (nSPS) is 11.2. The molecule has 0 heterocycles. The number of nitrogens with two attached hydrogens (primary N) is 1. The predicted molar refractivity (Wildman–Crippen MR) is 81.3 cm³/mol. The van der Waals surface area contributed by atoms with Crippen molar-refractivity contribution in [1.82, 2.24) is 0 Å². The summed E-state index contributed by atoms with van der Waals surface area (Å²) in [6.45, 7) is 3.66. The predicted octanol–water partition coefficient (Wildman–Crippen LogP) is 2.27. The maximum atomic E-state index is 11.6. The van der Waals surface area contributed by atoms with E-state index in [4.69, 9.17) is 5.73 Å². The second kappa shape index (κ2) is 8.55. The van der Waals surface area contributed by atoms with Crippen LogP contribution in [0.5, 0.6) is 0 Å². The number of anilines is 1. The van der Waals surface area contributed by atoms with Crippen LogP contribution in [0.3, 0.4) is 0 Å². The van der Waals surface area contributed by atoms with E-state index in [9.17, 15) is 9.59 Å². The monoisotopic (exact) mass is 300 g/mol. The number of halogens is 1. The number of nitrogens with one attached hydrogen (secondary N) is 1. The largest absolute Gasteiger partial charge is 0.465 e. The van der Waals surface area contributed by atoms with Gasteiger partial charge in [-0.05, 0) is 44.0 Å². The second-order valence-electron chi connectivity index (χ2n) is 4.59. The van der Waals surface area contributed by atoms with Crippen LogP contribution < -0.4 is 11.1 Å². The second-order valence-corrected chi connectivity index (χ2v) is 4.59. The van der Waals surface area contributed by atoms with Gasteiger partial charge < -0.3 is 15.8 Å². The van der Waals surface area contributed by atoms with Crippen LogP contribution in [0.15, 0.2) is 18.2 Å². The zero-order chi connectivity index (χ0) is 14.4. The molecule has 1 unspecified atom stereocenters. The Morgan fingerprint density at radius 1 is 1.40 bits per heavy atom. The molecule has 0 aliphatic carbocycles. The molecule has 5 nitrogen and oxygen atoms in total. The average molecular weight is 301 g/mol. The first-order valence-electron chi connectivity index (χ1n) is 6.18. The molecule has 0 fully saturated rings. The van der Waals surface area contributed by atoms with E-state index < -0.39 is 0 Å². The fourth-order valence-corrected chi connectivity index (χ4v) is 1.66. The SMILES string of the molecule is COC(=O)c1ccc(NC(=O)CCC(C)N)cc1C.Cl. The molecule has 1 rings (SSSR count). The summed E-state index contributed by atoms with van der Waals surface area (Å²) in [5.74, 6) is -0.463. The van der Waals surface area contributed by atoms with Crippen LogP contribution in [0, 0.1) is 6.92 Å². The molecule has 0 aromatic heterocycles. The Bertz CT molecular complexity index is 475. The van der Waals surface area contributed by atoms with Gasteiger partial charge in [-0.25, -0.2) is 4.79 Å². The number of carbonyl (C=O) groups is 2. The summed E-state index contributed by atoms with van der Waals surface area (Å²) >= 11 is 0. The van der Waals surface area contributed by atoms with Gasteiger partial charge in [0.2, 0.25) is 5.91 Å². The molecule has 0 saturated carbocycles. The lowest BCUT2D eigenvalue weighted by molar-refractivity contribution is -0.116. The Kier molecular flexibility index (Phi) is 7.87.